The summed E-state index contributed by atoms with van der Waals surface area (Å²) in [5.74, 6) is -0.171. The number of aromatic nitrogens is 3. The topological polar surface area (TPSA) is 104 Å². The molecule has 2 aromatic heterocycles. The van der Waals surface area contributed by atoms with E-state index in [1.165, 1.54) is 6.20 Å². The number of anilines is 1. The van der Waals surface area contributed by atoms with Gasteiger partial charge in [-0.25, -0.2) is 9.97 Å². The van der Waals surface area contributed by atoms with E-state index in [0.29, 0.717) is 12.5 Å². The highest BCUT2D eigenvalue weighted by atomic mass is 16.1. The highest BCUT2D eigenvalue weighted by Gasteiger charge is 2.08. The Kier molecular flexibility index (Phi) is 4.95. The highest BCUT2D eigenvalue weighted by molar-refractivity contribution is 5.97. The third-order valence-corrected chi connectivity index (χ3v) is 2.45. The molecule has 104 valence electrons. The van der Waals surface area contributed by atoms with E-state index in [2.05, 4.69) is 25.6 Å². The van der Waals surface area contributed by atoms with Gasteiger partial charge in [-0.15, -0.1) is 0 Å². The Morgan fingerprint density at radius 2 is 2.10 bits per heavy atom. The summed E-state index contributed by atoms with van der Waals surface area (Å²) in [5.41, 5.74) is 0.786. The normalized spacial score (nSPS) is 10.5. The van der Waals surface area contributed by atoms with Gasteiger partial charge in [0, 0.05) is 37.5 Å². The van der Waals surface area contributed by atoms with Crippen LogP contribution in [0.15, 0.2) is 54.8 Å². The van der Waals surface area contributed by atoms with Gasteiger partial charge in [0.1, 0.15) is 11.6 Å². The van der Waals surface area contributed by atoms with Crippen LogP contribution in [-0.2, 0) is 11.3 Å². The molecule has 2 N–H and O–H groups in total. The minimum absolute atomic E-state index is 0.0636. The summed E-state index contributed by atoms with van der Waals surface area (Å²) in [4.78, 5) is 23.7. The molecule has 2 rings (SSSR count). The Balaban J connectivity index is 1.94. The predicted molar refractivity (Wildman–Crippen MR) is 75.4 cm³/mol. The number of nitrogens with zero attached hydrogens (tertiary/aromatic N) is 4. The van der Waals surface area contributed by atoms with E-state index >= 15 is 0 Å². The van der Waals surface area contributed by atoms with Crippen molar-refractivity contribution in [3.05, 3.63) is 60.3 Å². The van der Waals surface area contributed by atoms with Crippen molar-refractivity contribution in [2.45, 2.75) is 6.54 Å². The van der Waals surface area contributed by atoms with Crippen LogP contribution in [0.1, 0.15) is 5.56 Å². The lowest BCUT2D eigenvalue weighted by Crippen LogP contribution is -2.24. The van der Waals surface area contributed by atoms with Gasteiger partial charge in [0.2, 0.25) is 5.95 Å². The molecule has 2 heterocycles. The Hall–Kier alpha value is -3.27. The first-order valence-electron chi connectivity index (χ1n) is 6.10. The third-order valence-electron chi connectivity index (χ3n) is 2.45. The van der Waals surface area contributed by atoms with Crippen molar-refractivity contribution in [2.24, 2.45) is 0 Å². The summed E-state index contributed by atoms with van der Waals surface area (Å²) >= 11 is 0. The van der Waals surface area contributed by atoms with Crippen molar-refractivity contribution in [1.82, 2.24) is 20.3 Å². The summed E-state index contributed by atoms with van der Waals surface area (Å²) in [6.45, 7) is 0.299. The molecule has 0 aliphatic heterocycles. The van der Waals surface area contributed by atoms with Gasteiger partial charge in [-0.3, -0.25) is 9.78 Å². The zero-order chi connectivity index (χ0) is 14.9. The minimum Gasteiger partial charge on any atom is -0.347 e. The van der Waals surface area contributed by atoms with Crippen molar-refractivity contribution < 1.29 is 4.79 Å². The molecule has 7 nitrogen and oxygen atoms in total. The number of hydrogen-bond donors (Lipinski definition) is 2. The summed E-state index contributed by atoms with van der Waals surface area (Å²) in [6, 6.07) is 7.10. The van der Waals surface area contributed by atoms with E-state index in [9.17, 15) is 4.79 Å². The molecule has 0 fully saturated rings. The van der Waals surface area contributed by atoms with Crippen LogP contribution in [0.25, 0.3) is 0 Å². The van der Waals surface area contributed by atoms with Gasteiger partial charge in [0.25, 0.3) is 5.91 Å². The van der Waals surface area contributed by atoms with E-state index in [1.807, 2.05) is 12.1 Å². The Morgan fingerprint density at radius 3 is 2.76 bits per heavy atom. The number of nitriles is 1. The zero-order valence-electron chi connectivity index (χ0n) is 11.0. The number of pyridine rings is 1. The fraction of sp³-hybridized carbons (Fsp3) is 0.0714. The number of amides is 1. The number of nitrogens with one attached hydrogen (secondary N) is 2. The van der Waals surface area contributed by atoms with Crippen molar-refractivity contribution in [1.29, 1.82) is 5.26 Å². The molecule has 0 bridgehead atoms. The molecule has 0 aliphatic rings. The second-order valence-corrected chi connectivity index (χ2v) is 3.93. The molecule has 0 saturated carbocycles. The number of carbonyl (C=O) groups is 1. The van der Waals surface area contributed by atoms with Crippen molar-refractivity contribution in [2.75, 3.05) is 5.32 Å². The van der Waals surface area contributed by atoms with Gasteiger partial charge in [-0.05, 0) is 17.7 Å². The Morgan fingerprint density at radius 1 is 1.29 bits per heavy atom. The Bertz CT molecular complexity index is 663. The van der Waals surface area contributed by atoms with Crippen LogP contribution in [0, 0.1) is 11.3 Å². The van der Waals surface area contributed by atoms with Gasteiger partial charge < -0.3 is 10.6 Å². The first-order chi connectivity index (χ1) is 10.3. The maximum atomic E-state index is 11.9. The van der Waals surface area contributed by atoms with Crippen molar-refractivity contribution in [3.8, 4) is 6.07 Å². The molecule has 0 aromatic carbocycles. The Labute approximate surface area is 121 Å². The molecular formula is C14H12N6O. The van der Waals surface area contributed by atoms with Crippen LogP contribution < -0.4 is 10.6 Å². The number of hydrogen-bond acceptors (Lipinski definition) is 6. The molecular weight excluding hydrogens is 268 g/mol. The monoisotopic (exact) mass is 280 g/mol. The van der Waals surface area contributed by atoms with Crippen molar-refractivity contribution in [3.63, 3.8) is 0 Å². The maximum Gasteiger partial charge on any atom is 0.263 e. The van der Waals surface area contributed by atoms with E-state index in [4.69, 9.17) is 5.26 Å². The van der Waals surface area contributed by atoms with Crippen LogP contribution >= 0.6 is 0 Å². The van der Waals surface area contributed by atoms with Crippen LogP contribution in [0.4, 0.5) is 5.95 Å². The molecule has 0 aliphatic carbocycles. The maximum absolute atomic E-state index is 11.9. The standard InChI is InChI=1S/C14H12N6O/c15-7-12(10-20-14-17-5-2-6-18-14)13(21)19-9-11-3-1-4-16-8-11/h1-6,8,10H,9H2,(H,19,21)(H,17,18,20)/b12-10-. The van der Waals surface area contributed by atoms with Gasteiger partial charge in [-0.2, -0.15) is 5.26 Å². The zero-order valence-corrected chi connectivity index (χ0v) is 11.0. The number of rotatable bonds is 5. The lowest BCUT2D eigenvalue weighted by molar-refractivity contribution is -0.117. The lowest BCUT2D eigenvalue weighted by Gasteiger charge is -2.04. The number of carbonyl (C=O) groups excluding carboxylic acids is 1. The second kappa shape index (κ2) is 7.35. The van der Waals surface area contributed by atoms with Crippen molar-refractivity contribution >= 4 is 11.9 Å². The summed E-state index contributed by atoms with van der Waals surface area (Å²) < 4.78 is 0. The molecule has 0 atom stereocenters. The molecule has 21 heavy (non-hydrogen) atoms. The molecule has 0 spiro atoms. The molecule has 1 amide bonds. The minimum atomic E-state index is -0.482. The SMILES string of the molecule is N#C/C(=C/Nc1ncccn1)C(=O)NCc1cccnc1. The second-order valence-electron chi connectivity index (χ2n) is 3.93. The van der Waals surface area contributed by atoms with Gasteiger partial charge in [-0.1, -0.05) is 6.07 Å². The average molecular weight is 280 g/mol. The van der Waals surface area contributed by atoms with Gasteiger partial charge in [0.05, 0.1) is 0 Å². The molecule has 0 radical (unpaired) electrons. The lowest BCUT2D eigenvalue weighted by atomic mass is 10.2. The first kappa shape index (κ1) is 14.1. The largest absolute Gasteiger partial charge is 0.347 e. The van der Waals surface area contributed by atoms with E-state index < -0.39 is 5.91 Å². The van der Waals surface area contributed by atoms with Crippen LogP contribution in [-0.4, -0.2) is 20.9 Å². The van der Waals surface area contributed by atoms with Crippen LogP contribution in [0.3, 0.4) is 0 Å². The fourth-order valence-electron chi connectivity index (χ4n) is 1.44. The predicted octanol–water partition coefficient (Wildman–Crippen LogP) is 1.01. The van der Waals surface area contributed by atoms with E-state index in [-0.39, 0.29) is 5.57 Å². The molecule has 0 unspecified atom stereocenters. The highest BCUT2D eigenvalue weighted by Crippen LogP contribution is 2.00. The first-order valence-corrected chi connectivity index (χ1v) is 6.10. The van der Waals surface area contributed by atoms with Crippen LogP contribution in [0.2, 0.25) is 0 Å². The third kappa shape index (κ3) is 4.40. The quantitative estimate of drug-likeness (QED) is 0.625. The van der Waals surface area contributed by atoms with Gasteiger partial charge >= 0.3 is 0 Å². The van der Waals surface area contributed by atoms with Crippen LogP contribution in [0.5, 0.6) is 0 Å². The molecule has 0 saturated heterocycles. The molecule has 2 aromatic rings. The summed E-state index contributed by atoms with van der Waals surface area (Å²) in [7, 11) is 0. The van der Waals surface area contributed by atoms with E-state index in [0.717, 1.165) is 5.56 Å². The summed E-state index contributed by atoms with van der Waals surface area (Å²) in [6.07, 6.45) is 7.67. The summed E-state index contributed by atoms with van der Waals surface area (Å²) in [5, 5.41) is 14.3. The average Bonchev–Trinajstić information content (AvgIpc) is 2.55. The molecule has 7 heteroatoms. The van der Waals surface area contributed by atoms with Gasteiger partial charge in [0.15, 0.2) is 0 Å². The smallest absolute Gasteiger partial charge is 0.263 e. The van der Waals surface area contributed by atoms with E-state index in [1.54, 1.807) is 36.9 Å². The fourth-order valence-corrected chi connectivity index (χ4v) is 1.44.